The third-order valence-corrected chi connectivity index (χ3v) is 6.84. The van der Waals surface area contributed by atoms with E-state index in [0.29, 0.717) is 29.8 Å². The van der Waals surface area contributed by atoms with Crippen LogP contribution in [0.25, 0.3) is 0 Å². The zero-order chi connectivity index (χ0) is 15.9. The summed E-state index contributed by atoms with van der Waals surface area (Å²) < 4.78 is 27.8. The van der Waals surface area contributed by atoms with E-state index in [2.05, 4.69) is 20.8 Å². The monoisotopic (exact) mass is 309 g/mol. The van der Waals surface area contributed by atoms with Crippen LogP contribution in [0.5, 0.6) is 0 Å². The van der Waals surface area contributed by atoms with E-state index in [1.807, 2.05) is 26.8 Å². The maximum Gasteiger partial charge on any atom is 0.243 e. The Bertz CT molecular complexity index is 639. The van der Waals surface area contributed by atoms with Crippen LogP contribution in [0.4, 0.5) is 0 Å². The van der Waals surface area contributed by atoms with Crippen LogP contribution in [0.1, 0.15) is 42.5 Å². The third-order valence-electron chi connectivity index (χ3n) is 4.89. The SMILES string of the molecule is Cc1cc(S(=O)(=O)N2C[C@H](C)C[C@H](C)C2)c(C)c(C)c1C. The van der Waals surface area contributed by atoms with E-state index in [4.69, 9.17) is 0 Å². The third kappa shape index (κ3) is 3.02. The molecule has 0 saturated carbocycles. The number of rotatable bonds is 2. The number of aryl methyl sites for hydroxylation is 1. The topological polar surface area (TPSA) is 37.4 Å². The molecule has 1 aromatic rings. The molecule has 21 heavy (non-hydrogen) atoms. The van der Waals surface area contributed by atoms with Crippen LogP contribution in [0.2, 0.25) is 0 Å². The van der Waals surface area contributed by atoms with E-state index < -0.39 is 10.0 Å². The van der Waals surface area contributed by atoms with E-state index in [-0.39, 0.29) is 0 Å². The zero-order valence-corrected chi connectivity index (χ0v) is 14.8. The maximum atomic E-state index is 13.0. The molecule has 1 fully saturated rings. The molecule has 0 N–H and O–H groups in total. The van der Waals surface area contributed by atoms with Gasteiger partial charge in [0.15, 0.2) is 0 Å². The molecule has 3 nitrogen and oxygen atoms in total. The van der Waals surface area contributed by atoms with Gasteiger partial charge in [-0.2, -0.15) is 4.31 Å². The van der Waals surface area contributed by atoms with E-state index in [1.54, 1.807) is 4.31 Å². The lowest BCUT2D eigenvalue weighted by molar-refractivity contribution is 0.222. The highest BCUT2D eigenvalue weighted by Gasteiger charge is 2.33. The second kappa shape index (κ2) is 5.73. The first-order valence-corrected chi connectivity index (χ1v) is 9.16. The first kappa shape index (κ1) is 16.5. The summed E-state index contributed by atoms with van der Waals surface area (Å²) in [6.45, 7) is 13.5. The van der Waals surface area contributed by atoms with Gasteiger partial charge >= 0.3 is 0 Å². The Morgan fingerprint density at radius 1 is 0.952 bits per heavy atom. The van der Waals surface area contributed by atoms with Gasteiger partial charge in [0.1, 0.15) is 0 Å². The molecule has 1 aromatic carbocycles. The standard InChI is InChI=1S/C17H27NO2S/c1-11-7-12(2)10-18(9-11)21(19,20)17-8-13(3)14(4)15(5)16(17)6/h8,11-12H,7,9-10H2,1-6H3/t11-,12+. The summed E-state index contributed by atoms with van der Waals surface area (Å²) in [4.78, 5) is 0.490. The van der Waals surface area contributed by atoms with Crippen LogP contribution in [-0.2, 0) is 10.0 Å². The molecule has 4 heteroatoms. The minimum Gasteiger partial charge on any atom is -0.207 e. The Hall–Kier alpha value is -0.870. The van der Waals surface area contributed by atoms with Gasteiger partial charge in [-0.05, 0) is 74.3 Å². The summed E-state index contributed by atoms with van der Waals surface area (Å²) in [6.07, 6.45) is 1.11. The number of nitrogens with zero attached hydrogens (tertiary/aromatic N) is 1. The van der Waals surface area contributed by atoms with Gasteiger partial charge in [-0.3, -0.25) is 0 Å². The lowest BCUT2D eigenvalue weighted by Crippen LogP contribution is -2.42. The van der Waals surface area contributed by atoms with Crippen molar-refractivity contribution in [2.45, 2.75) is 52.9 Å². The van der Waals surface area contributed by atoms with Crippen molar-refractivity contribution in [1.82, 2.24) is 4.31 Å². The van der Waals surface area contributed by atoms with Crippen molar-refractivity contribution in [2.75, 3.05) is 13.1 Å². The van der Waals surface area contributed by atoms with Crippen LogP contribution in [0, 0.1) is 39.5 Å². The van der Waals surface area contributed by atoms with Crippen LogP contribution in [-0.4, -0.2) is 25.8 Å². The summed E-state index contributed by atoms with van der Waals surface area (Å²) >= 11 is 0. The van der Waals surface area contributed by atoms with Gasteiger partial charge in [-0.1, -0.05) is 13.8 Å². The molecule has 0 unspecified atom stereocenters. The first-order valence-electron chi connectivity index (χ1n) is 7.72. The lowest BCUT2D eigenvalue weighted by Gasteiger charge is -2.34. The Balaban J connectivity index is 2.50. The van der Waals surface area contributed by atoms with Gasteiger partial charge in [0.05, 0.1) is 4.90 Å². The minimum atomic E-state index is -3.39. The molecule has 2 atom stereocenters. The van der Waals surface area contributed by atoms with Gasteiger partial charge in [-0.15, -0.1) is 0 Å². The van der Waals surface area contributed by atoms with E-state index in [1.165, 1.54) is 5.56 Å². The zero-order valence-electron chi connectivity index (χ0n) is 14.0. The normalized spacial score (nSPS) is 24.3. The van der Waals surface area contributed by atoms with Crippen LogP contribution < -0.4 is 0 Å². The van der Waals surface area contributed by atoms with Gasteiger partial charge in [0.2, 0.25) is 10.0 Å². The Kier molecular flexibility index (Phi) is 4.50. The highest BCUT2D eigenvalue weighted by atomic mass is 32.2. The molecule has 0 spiro atoms. The van der Waals surface area contributed by atoms with Crippen molar-refractivity contribution in [1.29, 1.82) is 0 Å². The summed E-state index contributed by atoms with van der Waals surface area (Å²) in [6, 6.07) is 1.84. The molecule has 1 heterocycles. The van der Waals surface area contributed by atoms with Crippen LogP contribution in [0.3, 0.4) is 0 Å². The molecular weight excluding hydrogens is 282 g/mol. The van der Waals surface area contributed by atoms with Gasteiger partial charge in [-0.25, -0.2) is 8.42 Å². The van der Waals surface area contributed by atoms with Crippen LogP contribution >= 0.6 is 0 Å². The van der Waals surface area contributed by atoms with Gasteiger partial charge in [0, 0.05) is 13.1 Å². The average Bonchev–Trinajstić information content (AvgIpc) is 2.39. The predicted octanol–water partition coefficient (Wildman–Crippen LogP) is 3.59. The van der Waals surface area contributed by atoms with E-state index in [9.17, 15) is 8.42 Å². The van der Waals surface area contributed by atoms with Crippen molar-refractivity contribution >= 4 is 10.0 Å². The lowest BCUT2D eigenvalue weighted by atomic mass is 9.94. The van der Waals surface area contributed by atoms with Crippen molar-refractivity contribution in [3.05, 3.63) is 28.3 Å². The van der Waals surface area contributed by atoms with Crippen molar-refractivity contribution in [3.8, 4) is 0 Å². The highest BCUT2D eigenvalue weighted by Crippen LogP contribution is 2.31. The molecule has 0 aliphatic carbocycles. The highest BCUT2D eigenvalue weighted by molar-refractivity contribution is 7.89. The number of hydrogen-bond donors (Lipinski definition) is 0. The number of piperidine rings is 1. The molecular formula is C17H27NO2S. The first-order chi connectivity index (χ1) is 9.64. The fraction of sp³-hybridized carbons (Fsp3) is 0.647. The fourth-order valence-electron chi connectivity index (χ4n) is 3.38. The largest absolute Gasteiger partial charge is 0.243 e. The molecule has 0 amide bonds. The second-order valence-electron chi connectivity index (χ2n) is 6.83. The smallest absolute Gasteiger partial charge is 0.207 e. The molecule has 0 radical (unpaired) electrons. The van der Waals surface area contributed by atoms with Crippen molar-refractivity contribution in [3.63, 3.8) is 0 Å². The predicted molar refractivity (Wildman–Crippen MR) is 87.1 cm³/mol. The molecule has 1 aliphatic heterocycles. The van der Waals surface area contributed by atoms with Crippen molar-refractivity contribution < 1.29 is 8.42 Å². The molecule has 2 rings (SSSR count). The quantitative estimate of drug-likeness (QED) is 0.837. The molecule has 0 aromatic heterocycles. The Morgan fingerprint density at radius 2 is 1.48 bits per heavy atom. The second-order valence-corrected chi connectivity index (χ2v) is 8.74. The van der Waals surface area contributed by atoms with Crippen LogP contribution in [0.15, 0.2) is 11.0 Å². The molecule has 1 saturated heterocycles. The molecule has 1 aliphatic rings. The Labute approximate surface area is 129 Å². The van der Waals surface area contributed by atoms with E-state index >= 15 is 0 Å². The summed E-state index contributed by atoms with van der Waals surface area (Å²) in [5.41, 5.74) is 4.22. The summed E-state index contributed by atoms with van der Waals surface area (Å²) in [5, 5.41) is 0. The molecule has 118 valence electrons. The van der Waals surface area contributed by atoms with E-state index in [0.717, 1.165) is 23.1 Å². The number of hydrogen-bond acceptors (Lipinski definition) is 2. The molecule has 0 bridgehead atoms. The van der Waals surface area contributed by atoms with Gasteiger partial charge in [0.25, 0.3) is 0 Å². The summed E-state index contributed by atoms with van der Waals surface area (Å²) in [5.74, 6) is 0.855. The summed E-state index contributed by atoms with van der Waals surface area (Å²) in [7, 11) is -3.39. The average molecular weight is 309 g/mol. The van der Waals surface area contributed by atoms with Crippen molar-refractivity contribution in [2.24, 2.45) is 11.8 Å². The maximum absolute atomic E-state index is 13.0. The fourth-order valence-corrected chi connectivity index (χ4v) is 5.43. The Morgan fingerprint density at radius 3 is 2.00 bits per heavy atom. The number of benzene rings is 1. The minimum absolute atomic E-state index is 0.427. The van der Waals surface area contributed by atoms with Gasteiger partial charge < -0.3 is 0 Å². The number of sulfonamides is 1.